The molecule has 0 saturated heterocycles. The highest BCUT2D eigenvalue weighted by molar-refractivity contribution is 5.92. The molecular weight excluding hydrogens is 342 g/mol. The van der Waals surface area contributed by atoms with Crippen molar-refractivity contribution < 1.29 is 19.6 Å². The summed E-state index contributed by atoms with van der Waals surface area (Å²) in [5.74, 6) is -2.04. The van der Waals surface area contributed by atoms with Gasteiger partial charge in [0.15, 0.2) is 5.69 Å². The van der Waals surface area contributed by atoms with Gasteiger partial charge >= 0.3 is 5.97 Å². The summed E-state index contributed by atoms with van der Waals surface area (Å²) >= 11 is 0. The summed E-state index contributed by atoms with van der Waals surface area (Å²) in [4.78, 5) is 33.7. The maximum absolute atomic E-state index is 12.1. The molecule has 0 aliphatic heterocycles. The number of aliphatic carboxylic acids is 1. The number of rotatable bonds is 8. The zero-order valence-corrected chi connectivity index (χ0v) is 14.3. The third-order valence-corrected chi connectivity index (χ3v) is 3.65. The van der Waals surface area contributed by atoms with Gasteiger partial charge in [0.25, 0.3) is 11.6 Å². The average molecular weight is 361 g/mol. The number of amides is 1. The second-order valence-corrected chi connectivity index (χ2v) is 6.20. The number of aromatic nitrogens is 3. The number of nitrogens with one attached hydrogen (secondary N) is 1. The quantitative estimate of drug-likeness (QED) is 0.538. The molecule has 1 amide bonds. The van der Waals surface area contributed by atoms with Gasteiger partial charge in [-0.15, -0.1) is 5.10 Å². The van der Waals surface area contributed by atoms with Gasteiger partial charge in [0, 0.05) is 18.7 Å². The van der Waals surface area contributed by atoms with E-state index in [0.29, 0.717) is 12.1 Å². The highest BCUT2D eigenvalue weighted by atomic mass is 16.6. The first-order valence-corrected chi connectivity index (χ1v) is 7.96. The molecule has 0 aliphatic carbocycles. The number of nitro benzene ring substituents is 1. The Hall–Kier alpha value is -3.30. The fourth-order valence-corrected chi connectivity index (χ4v) is 2.39. The Morgan fingerprint density at radius 1 is 1.38 bits per heavy atom. The van der Waals surface area contributed by atoms with Gasteiger partial charge in [0.05, 0.1) is 22.7 Å². The van der Waals surface area contributed by atoms with E-state index in [2.05, 4.69) is 15.6 Å². The van der Waals surface area contributed by atoms with Crippen molar-refractivity contribution in [3.05, 3.63) is 46.3 Å². The van der Waals surface area contributed by atoms with Crippen molar-refractivity contribution in [1.82, 2.24) is 20.3 Å². The van der Waals surface area contributed by atoms with Crippen LogP contribution in [-0.4, -0.2) is 43.4 Å². The van der Waals surface area contributed by atoms with Gasteiger partial charge < -0.3 is 10.4 Å². The minimum atomic E-state index is -0.973. The van der Waals surface area contributed by atoms with Gasteiger partial charge in [-0.25, -0.2) is 4.68 Å². The highest BCUT2D eigenvalue weighted by Crippen LogP contribution is 2.16. The molecule has 1 aromatic heterocycles. The lowest BCUT2D eigenvalue weighted by Crippen LogP contribution is -2.33. The Balaban J connectivity index is 2.07. The van der Waals surface area contributed by atoms with Crippen LogP contribution in [0.5, 0.6) is 0 Å². The van der Waals surface area contributed by atoms with Gasteiger partial charge in [-0.3, -0.25) is 19.7 Å². The second kappa shape index (κ2) is 8.19. The summed E-state index contributed by atoms with van der Waals surface area (Å²) in [6, 6.07) is 5.74. The van der Waals surface area contributed by atoms with Crippen LogP contribution in [0.4, 0.5) is 5.69 Å². The van der Waals surface area contributed by atoms with E-state index in [1.165, 1.54) is 29.1 Å². The Kier molecular flexibility index (Phi) is 5.99. The lowest BCUT2D eigenvalue weighted by molar-refractivity contribution is -0.384. The number of nitro groups is 1. The summed E-state index contributed by atoms with van der Waals surface area (Å²) in [6.45, 7) is 3.79. The topological polar surface area (TPSA) is 140 Å². The van der Waals surface area contributed by atoms with Crippen LogP contribution in [0.25, 0.3) is 5.69 Å². The summed E-state index contributed by atoms with van der Waals surface area (Å²) < 4.78 is 1.24. The van der Waals surface area contributed by atoms with E-state index in [-0.39, 0.29) is 23.8 Å². The van der Waals surface area contributed by atoms with E-state index in [0.717, 1.165) is 0 Å². The zero-order chi connectivity index (χ0) is 19.3. The van der Waals surface area contributed by atoms with Crippen molar-refractivity contribution in [2.24, 2.45) is 11.8 Å². The summed E-state index contributed by atoms with van der Waals surface area (Å²) in [6.07, 6.45) is 1.77. The molecule has 0 aliphatic rings. The van der Waals surface area contributed by atoms with E-state index < -0.39 is 22.7 Å². The molecule has 1 heterocycles. The standard InChI is InChI=1S/C16H19N5O5/c1-10(2)6-11(16(23)24)8-17-15(22)14-9-20(19-18-14)12-4-3-5-13(7-12)21(25)26/h3-5,7,9-11H,6,8H2,1-2H3,(H,17,22)(H,23,24). The van der Waals surface area contributed by atoms with Crippen molar-refractivity contribution in [3.63, 3.8) is 0 Å². The van der Waals surface area contributed by atoms with Gasteiger partial charge in [-0.2, -0.15) is 0 Å². The molecule has 2 rings (SSSR count). The lowest BCUT2D eigenvalue weighted by atomic mass is 9.97. The van der Waals surface area contributed by atoms with Crippen molar-refractivity contribution in [2.45, 2.75) is 20.3 Å². The number of hydrogen-bond donors (Lipinski definition) is 2. The van der Waals surface area contributed by atoms with Crippen LogP contribution in [0, 0.1) is 22.0 Å². The average Bonchev–Trinajstić information content (AvgIpc) is 3.08. The highest BCUT2D eigenvalue weighted by Gasteiger charge is 2.21. The third kappa shape index (κ3) is 4.85. The molecule has 0 radical (unpaired) electrons. The maximum Gasteiger partial charge on any atom is 0.308 e. The Labute approximate surface area is 149 Å². The molecule has 1 atom stereocenters. The fourth-order valence-electron chi connectivity index (χ4n) is 2.39. The number of benzene rings is 1. The molecule has 2 aromatic rings. The monoisotopic (exact) mass is 361 g/mol. The molecular formula is C16H19N5O5. The van der Waals surface area contributed by atoms with Crippen LogP contribution in [0.2, 0.25) is 0 Å². The van der Waals surface area contributed by atoms with E-state index in [1.807, 2.05) is 13.8 Å². The Bertz CT molecular complexity index is 817. The molecule has 0 bridgehead atoms. The van der Waals surface area contributed by atoms with E-state index in [4.69, 9.17) is 0 Å². The number of carbonyl (C=O) groups is 2. The minimum absolute atomic E-state index is 0.00908. The van der Waals surface area contributed by atoms with Crippen molar-refractivity contribution in [2.75, 3.05) is 6.54 Å². The molecule has 10 nitrogen and oxygen atoms in total. The maximum atomic E-state index is 12.1. The Morgan fingerprint density at radius 2 is 2.12 bits per heavy atom. The zero-order valence-electron chi connectivity index (χ0n) is 14.3. The molecule has 2 N–H and O–H groups in total. The molecule has 138 valence electrons. The molecule has 10 heteroatoms. The number of carbonyl (C=O) groups excluding carboxylic acids is 1. The first kappa shape index (κ1) is 19.0. The summed E-state index contributed by atoms with van der Waals surface area (Å²) in [5, 5.41) is 30.1. The van der Waals surface area contributed by atoms with E-state index >= 15 is 0 Å². The normalized spacial score (nSPS) is 12.0. The molecule has 0 saturated carbocycles. The fraction of sp³-hybridized carbons (Fsp3) is 0.375. The predicted octanol–water partition coefficient (Wildman–Crippen LogP) is 1.65. The molecule has 0 spiro atoms. The summed E-state index contributed by atoms with van der Waals surface area (Å²) in [5.41, 5.74) is 0.265. The first-order chi connectivity index (χ1) is 12.3. The van der Waals surface area contributed by atoms with E-state index in [9.17, 15) is 24.8 Å². The van der Waals surface area contributed by atoms with Crippen LogP contribution < -0.4 is 5.32 Å². The summed E-state index contributed by atoms with van der Waals surface area (Å²) in [7, 11) is 0. The molecule has 0 fully saturated rings. The lowest BCUT2D eigenvalue weighted by Gasteiger charge is -2.14. The van der Waals surface area contributed by atoms with Gasteiger partial charge in [-0.05, 0) is 18.4 Å². The number of nitrogens with zero attached hydrogens (tertiary/aromatic N) is 4. The largest absolute Gasteiger partial charge is 0.481 e. The number of carboxylic acid groups (broad SMARTS) is 1. The third-order valence-electron chi connectivity index (χ3n) is 3.65. The van der Waals surface area contributed by atoms with Crippen LogP contribution in [0.1, 0.15) is 30.8 Å². The van der Waals surface area contributed by atoms with E-state index in [1.54, 1.807) is 6.07 Å². The van der Waals surface area contributed by atoms with Gasteiger partial charge in [0.1, 0.15) is 0 Å². The molecule has 1 aromatic carbocycles. The number of carboxylic acids is 1. The predicted molar refractivity (Wildman–Crippen MR) is 90.9 cm³/mol. The van der Waals surface area contributed by atoms with Crippen LogP contribution in [0.3, 0.4) is 0 Å². The Morgan fingerprint density at radius 3 is 2.73 bits per heavy atom. The number of non-ortho nitro benzene ring substituents is 1. The molecule has 1 unspecified atom stereocenters. The van der Waals surface area contributed by atoms with Crippen molar-refractivity contribution in [1.29, 1.82) is 0 Å². The number of hydrogen-bond acceptors (Lipinski definition) is 6. The SMILES string of the molecule is CC(C)CC(CNC(=O)c1cn(-c2cccc([N+](=O)[O-])c2)nn1)C(=O)O. The van der Waals surface area contributed by atoms with Gasteiger partial charge in [-0.1, -0.05) is 25.1 Å². The van der Waals surface area contributed by atoms with Gasteiger partial charge in [0.2, 0.25) is 0 Å². The van der Waals surface area contributed by atoms with Crippen LogP contribution in [0.15, 0.2) is 30.5 Å². The van der Waals surface area contributed by atoms with Crippen LogP contribution >= 0.6 is 0 Å². The van der Waals surface area contributed by atoms with Crippen LogP contribution in [-0.2, 0) is 4.79 Å². The first-order valence-electron chi connectivity index (χ1n) is 7.96. The van der Waals surface area contributed by atoms with Crippen molar-refractivity contribution >= 4 is 17.6 Å². The smallest absolute Gasteiger partial charge is 0.308 e. The second-order valence-electron chi connectivity index (χ2n) is 6.20. The van der Waals surface area contributed by atoms with Crippen molar-refractivity contribution in [3.8, 4) is 5.69 Å². The minimum Gasteiger partial charge on any atom is -0.481 e. The molecule has 26 heavy (non-hydrogen) atoms.